The third-order valence-electron chi connectivity index (χ3n) is 4.45. The summed E-state index contributed by atoms with van der Waals surface area (Å²) in [6.45, 7) is 3.72. The summed E-state index contributed by atoms with van der Waals surface area (Å²) < 4.78 is 52.6. The Bertz CT molecular complexity index is 1200. The zero-order valence-corrected chi connectivity index (χ0v) is 16.9. The standard InChI is InChI=1S/C21H18ClF4N5/c1-12-17(6-16(22)7-27)15(11-28-12)5-13-8-29-20(30-9-13)31-10-14-3-2-4-18(19(14)23)21(24,25)26/h2-4,6-9,11,28H,1,5,10,27H2,(H,29,30,31)/b16-7+,17-6+. The van der Waals surface area contributed by atoms with Crippen molar-refractivity contribution in [3.05, 3.63) is 86.7 Å². The quantitative estimate of drug-likeness (QED) is 0.502. The fourth-order valence-electron chi connectivity index (χ4n) is 2.90. The van der Waals surface area contributed by atoms with Crippen molar-refractivity contribution < 1.29 is 17.6 Å². The van der Waals surface area contributed by atoms with Crippen molar-refractivity contribution >= 4 is 30.2 Å². The maximum atomic E-state index is 14.1. The molecule has 2 aromatic heterocycles. The predicted molar refractivity (Wildman–Crippen MR) is 112 cm³/mol. The van der Waals surface area contributed by atoms with E-state index in [-0.39, 0.29) is 18.1 Å². The number of aromatic nitrogens is 3. The van der Waals surface area contributed by atoms with Gasteiger partial charge < -0.3 is 16.0 Å². The lowest BCUT2D eigenvalue weighted by Crippen LogP contribution is -2.23. The second-order valence-electron chi connectivity index (χ2n) is 6.62. The van der Waals surface area contributed by atoms with Crippen LogP contribution >= 0.6 is 11.6 Å². The van der Waals surface area contributed by atoms with Gasteiger partial charge in [0.25, 0.3) is 0 Å². The van der Waals surface area contributed by atoms with Gasteiger partial charge in [0.15, 0.2) is 0 Å². The average Bonchev–Trinajstić information content (AvgIpc) is 3.06. The van der Waals surface area contributed by atoms with Gasteiger partial charge in [-0.3, -0.25) is 0 Å². The van der Waals surface area contributed by atoms with Gasteiger partial charge in [-0.2, -0.15) is 13.2 Å². The van der Waals surface area contributed by atoms with Gasteiger partial charge in [0, 0.05) is 53.9 Å². The molecule has 3 aromatic rings. The summed E-state index contributed by atoms with van der Waals surface area (Å²) in [5.41, 5.74) is 5.64. The number of nitrogens with two attached hydrogens (primary N) is 1. The van der Waals surface area contributed by atoms with Crippen molar-refractivity contribution in [2.75, 3.05) is 5.32 Å². The van der Waals surface area contributed by atoms with Crippen LogP contribution in [0.3, 0.4) is 0 Å². The van der Waals surface area contributed by atoms with E-state index < -0.39 is 17.6 Å². The molecule has 0 fully saturated rings. The van der Waals surface area contributed by atoms with Gasteiger partial charge in [-0.1, -0.05) is 30.3 Å². The minimum absolute atomic E-state index is 0.136. The summed E-state index contributed by atoms with van der Waals surface area (Å²) in [6, 6.07) is 3.12. The third-order valence-corrected chi connectivity index (χ3v) is 4.69. The van der Waals surface area contributed by atoms with Crippen LogP contribution in [0, 0.1) is 5.82 Å². The Morgan fingerprint density at radius 2 is 1.94 bits per heavy atom. The number of allylic oxidation sites excluding steroid dienone is 1. The number of nitrogens with zero attached hydrogens (tertiary/aromatic N) is 2. The smallest absolute Gasteiger partial charge is 0.403 e. The second-order valence-corrected chi connectivity index (χ2v) is 7.06. The molecule has 0 bridgehead atoms. The first-order valence-corrected chi connectivity index (χ1v) is 9.40. The van der Waals surface area contributed by atoms with Crippen LogP contribution in [0.1, 0.15) is 22.3 Å². The minimum Gasteiger partial charge on any atom is -0.403 e. The van der Waals surface area contributed by atoms with Crippen molar-refractivity contribution in [3.8, 4) is 0 Å². The molecule has 0 radical (unpaired) electrons. The number of hydrogen-bond acceptors (Lipinski definition) is 4. The first-order chi connectivity index (χ1) is 14.7. The van der Waals surface area contributed by atoms with Gasteiger partial charge in [-0.05, 0) is 23.3 Å². The zero-order valence-electron chi connectivity index (χ0n) is 16.1. The van der Waals surface area contributed by atoms with Crippen molar-refractivity contribution in [1.29, 1.82) is 0 Å². The van der Waals surface area contributed by atoms with Gasteiger partial charge in [0.1, 0.15) is 5.82 Å². The summed E-state index contributed by atoms with van der Waals surface area (Å²) in [5, 5.41) is 4.57. The van der Waals surface area contributed by atoms with Crippen LogP contribution in [0.25, 0.3) is 12.7 Å². The predicted octanol–water partition coefficient (Wildman–Crippen LogP) is 3.40. The van der Waals surface area contributed by atoms with Gasteiger partial charge in [0.2, 0.25) is 5.95 Å². The van der Waals surface area contributed by atoms with E-state index in [0.29, 0.717) is 22.9 Å². The highest BCUT2D eigenvalue weighted by molar-refractivity contribution is 6.33. The Labute approximate surface area is 180 Å². The Balaban J connectivity index is 1.72. The van der Waals surface area contributed by atoms with E-state index in [1.54, 1.807) is 24.7 Å². The van der Waals surface area contributed by atoms with Crippen molar-refractivity contribution in [1.82, 2.24) is 15.0 Å². The molecule has 10 heteroatoms. The average molecular weight is 452 g/mol. The Morgan fingerprint density at radius 3 is 2.58 bits per heavy atom. The second kappa shape index (κ2) is 9.22. The Kier molecular flexibility index (Phi) is 6.65. The zero-order chi connectivity index (χ0) is 22.6. The molecular weight excluding hydrogens is 434 g/mol. The van der Waals surface area contributed by atoms with E-state index in [2.05, 4.69) is 26.8 Å². The first kappa shape index (κ1) is 22.4. The fourth-order valence-corrected chi connectivity index (χ4v) is 3.01. The fraction of sp³-hybridized carbons (Fsp3) is 0.143. The molecule has 3 rings (SSSR count). The van der Waals surface area contributed by atoms with E-state index in [9.17, 15) is 17.6 Å². The van der Waals surface area contributed by atoms with Crippen LogP contribution in [-0.4, -0.2) is 15.0 Å². The number of anilines is 1. The maximum Gasteiger partial charge on any atom is 0.419 e. The van der Waals surface area contributed by atoms with Gasteiger partial charge >= 0.3 is 6.18 Å². The van der Waals surface area contributed by atoms with Crippen LogP contribution in [0.4, 0.5) is 23.5 Å². The number of hydrogen-bond donors (Lipinski definition) is 3. The molecule has 0 aliphatic heterocycles. The number of aromatic amines is 1. The van der Waals surface area contributed by atoms with E-state index >= 15 is 0 Å². The number of H-pyrrole nitrogens is 1. The van der Waals surface area contributed by atoms with Crippen LogP contribution in [-0.2, 0) is 19.1 Å². The molecule has 0 amide bonds. The highest BCUT2D eigenvalue weighted by atomic mass is 35.5. The van der Waals surface area contributed by atoms with Gasteiger partial charge in [-0.15, -0.1) is 0 Å². The van der Waals surface area contributed by atoms with Crippen molar-refractivity contribution in [2.24, 2.45) is 5.73 Å². The van der Waals surface area contributed by atoms with Crippen molar-refractivity contribution in [3.63, 3.8) is 0 Å². The third kappa shape index (κ3) is 5.43. The molecule has 0 saturated heterocycles. The van der Waals surface area contributed by atoms with Crippen LogP contribution in [0.5, 0.6) is 0 Å². The molecule has 0 unspecified atom stereocenters. The van der Waals surface area contributed by atoms with E-state index in [1.165, 1.54) is 12.3 Å². The summed E-state index contributed by atoms with van der Waals surface area (Å²) in [7, 11) is 0. The molecule has 162 valence electrons. The molecule has 1 aromatic carbocycles. The summed E-state index contributed by atoms with van der Waals surface area (Å²) in [4.78, 5) is 11.3. The number of benzene rings is 1. The largest absolute Gasteiger partial charge is 0.419 e. The lowest BCUT2D eigenvalue weighted by atomic mass is 10.1. The lowest BCUT2D eigenvalue weighted by molar-refractivity contribution is -0.140. The molecule has 0 spiro atoms. The van der Waals surface area contributed by atoms with Crippen LogP contribution in [0.2, 0.25) is 0 Å². The number of nitrogens with one attached hydrogen (secondary N) is 2. The Hall–Kier alpha value is -3.33. The number of rotatable bonds is 6. The molecule has 5 nitrogen and oxygen atoms in total. The molecule has 2 heterocycles. The van der Waals surface area contributed by atoms with Gasteiger partial charge in [0.05, 0.1) is 10.6 Å². The highest BCUT2D eigenvalue weighted by Gasteiger charge is 2.34. The minimum atomic E-state index is -4.76. The first-order valence-electron chi connectivity index (χ1n) is 9.02. The monoisotopic (exact) mass is 451 g/mol. The molecule has 0 aliphatic rings. The summed E-state index contributed by atoms with van der Waals surface area (Å²) in [6.07, 6.45) is 3.61. The maximum absolute atomic E-state index is 14.1. The Morgan fingerprint density at radius 1 is 1.23 bits per heavy atom. The lowest BCUT2D eigenvalue weighted by Gasteiger charge is -2.12. The highest BCUT2D eigenvalue weighted by Crippen LogP contribution is 2.32. The van der Waals surface area contributed by atoms with E-state index in [1.807, 2.05) is 0 Å². The molecule has 0 saturated carbocycles. The molecule has 0 aliphatic carbocycles. The molecular formula is C21H18ClF4N5. The summed E-state index contributed by atoms with van der Waals surface area (Å²) in [5.74, 6) is -1.15. The topological polar surface area (TPSA) is 79.6 Å². The van der Waals surface area contributed by atoms with Gasteiger partial charge in [-0.25, -0.2) is 14.4 Å². The summed E-state index contributed by atoms with van der Waals surface area (Å²) >= 11 is 5.97. The molecule has 31 heavy (non-hydrogen) atoms. The van der Waals surface area contributed by atoms with E-state index in [0.717, 1.165) is 22.4 Å². The van der Waals surface area contributed by atoms with E-state index in [4.69, 9.17) is 17.3 Å². The van der Waals surface area contributed by atoms with Crippen LogP contribution < -0.4 is 21.6 Å². The SMILES string of the molecule is C=c1[nH]cc(Cc2cnc(NCc3cccc(C(F)(F)F)c3F)nc2)/c1=C/C(Cl)=C\N. The number of halogens is 5. The molecule has 0 atom stereocenters. The normalized spacial score (nSPS) is 12.9. The van der Waals surface area contributed by atoms with Crippen molar-refractivity contribution in [2.45, 2.75) is 19.1 Å². The number of alkyl halides is 3. The molecule has 4 N–H and O–H groups in total. The van der Waals surface area contributed by atoms with Crippen LogP contribution in [0.15, 0.2) is 48.0 Å².